The fraction of sp³-hybridized carbons (Fsp3) is 0.333. The number of benzene rings is 2. The van der Waals surface area contributed by atoms with Gasteiger partial charge >= 0.3 is 0 Å². The molecular formula is C21H21F2N3O2. The van der Waals surface area contributed by atoms with Crippen molar-refractivity contribution in [2.45, 2.75) is 38.7 Å². The van der Waals surface area contributed by atoms with Gasteiger partial charge in [-0.05, 0) is 62.4 Å². The van der Waals surface area contributed by atoms with E-state index in [2.05, 4.69) is 10.3 Å². The molecule has 1 fully saturated rings. The van der Waals surface area contributed by atoms with E-state index >= 15 is 0 Å². The van der Waals surface area contributed by atoms with Gasteiger partial charge in [0.2, 0.25) is 11.9 Å². The molecule has 1 saturated carbocycles. The maximum Gasteiger partial charge on any atom is 0.229 e. The molecule has 1 amide bonds. The minimum atomic E-state index is -1.08. The quantitative estimate of drug-likeness (QED) is 0.695. The smallest absolute Gasteiger partial charge is 0.229 e. The second-order valence-corrected chi connectivity index (χ2v) is 7.75. The van der Waals surface area contributed by atoms with Crippen LogP contribution in [0.2, 0.25) is 0 Å². The zero-order valence-corrected chi connectivity index (χ0v) is 15.7. The summed E-state index contributed by atoms with van der Waals surface area (Å²) in [4.78, 5) is 17.0. The molecule has 0 unspecified atom stereocenters. The summed E-state index contributed by atoms with van der Waals surface area (Å²) in [5.41, 5.74) is 1.28. The molecule has 0 spiro atoms. The lowest BCUT2D eigenvalue weighted by molar-refractivity contribution is -0.121. The Morgan fingerprint density at radius 2 is 1.93 bits per heavy atom. The van der Waals surface area contributed by atoms with Gasteiger partial charge in [0.1, 0.15) is 11.6 Å². The third kappa shape index (κ3) is 3.62. The zero-order chi connectivity index (χ0) is 20.1. The van der Waals surface area contributed by atoms with Crippen LogP contribution in [0.5, 0.6) is 0 Å². The lowest BCUT2D eigenvalue weighted by Gasteiger charge is -2.22. The predicted molar refractivity (Wildman–Crippen MR) is 102 cm³/mol. The van der Waals surface area contributed by atoms with E-state index < -0.39 is 23.1 Å². The van der Waals surface area contributed by atoms with Crippen LogP contribution in [0.4, 0.5) is 14.7 Å². The van der Waals surface area contributed by atoms with Crippen molar-refractivity contribution in [2.24, 2.45) is 5.92 Å². The van der Waals surface area contributed by atoms with Gasteiger partial charge in [-0.2, -0.15) is 0 Å². The van der Waals surface area contributed by atoms with E-state index in [1.807, 2.05) is 19.1 Å². The molecule has 1 aliphatic rings. The highest BCUT2D eigenvalue weighted by atomic mass is 19.1. The van der Waals surface area contributed by atoms with Gasteiger partial charge in [0.15, 0.2) is 0 Å². The summed E-state index contributed by atoms with van der Waals surface area (Å²) in [6.07, 6.45) is 1.73. The lowest BCUT2D eigenvalue weighted by Crippen LogP contribution is -2.33. The third-order valence-corrected chi connectivity index (χ3v) is 5.14. The number of aromatic nitrogens is 2. The molecule has 28 heavy (non-hydrogen) atoms. The maximum absolute atomic E-state index is 13.8. The van der Waals surface area contributed by atoms with Crippen LogP contribution >= 0.6 is 0 Å². The molecule has 1 atom stereocenters. The topological polar surface area (TPSA) is 67.2 Å². The third-order valence-electron chi connectivity index (χ3n) is 5.14. The average molecular weight is 385 g/mol. The number of carbonyl (C=O) groups excluding carboxylic acids is 1. The van der Waals surface area contributed by atoms with Gasteiger partial charge in [-0.1, -0.05) is 6.07 Å². The first kappa shape index (κ1) is 18.6. The number of aliphatic hydroxyl groups is 1. The maximum atomic E-state index is 13.8. The van der Waals surface area contributed by atoms with Gasteiger partial charge in [-0.15, -0.1) is 0 Å². The van der Waals surface area contributed by atoms with Gasteiger partial charge in [0.25, 0.3) is 0 Å². The summed E-state index contributed by atoms with van der Waals surface area (Å²) in [5, 5.41) is 13.2. The number of imidazole rings is 1. The highest BCUT2D eigenvalue weighted by Crippen LogP contribution is 2.41. The van der Waals surface area contributed by atoms with Crippen molar-refractivity contribution >= 4 is 22.9 Å². The SMILES string of the molecule is Cc1ccc2nc(NC(=O)C[C@](C)(O)C3CC3)n(-c3cc(F)cc(F)c3)c2c1. The molecule has 5 nitrogen and oxygen atoms in total. The first-order chi connectivity index (χ1) is 13.2. The Morgan fingerprint density at radius 3 is 2.57 bits per heavy atom. The first-order valence-electron chi connectivity index (χ1n) is 9.21. The highest BCUT2D eigenvalue weighted by Gasteiger charge is 2.41. The molecule has 0 bridgehead atoms. The monoisotopic (exact) mass is 385 g/mol. The number of anilines is 1. The summed E-state index contributed by atoms with van der Waals surface area (Å²) in [5.74, 6) is -1.57. The van der Waals surface area contributed by atoms with Gasteiger partial charge in [-0.25, -0.2) is 13.8 Å². The second kappa shape index (κ2) is 6.67. The normalized spacial score (nSPS) is 16.2. The van der Waals surface area contributed by atoms with E-state index in [-0.39, 0.29) is 24.0 Å². The number of carbonyl (C=O) groups is 1. The number of rotatable bonds is 5. The van der Waals surface area contributed by atoms with Gasteiger partial charge in [-0.3, -0.25) is 14.7 Å². The minimum absolute atomic E-state index is 0.0720. The Hall–Kier alpha value is -2.80. The molecule has 7 heteroatoms. The molecule has 1 aliphatic carbocycles. The lowest BCUT2D eigenvalue weighted by atomic mass is 9.96. The number of aryl methyl sites for hydroxylation is 1. The largest absolute Gasteiger partial charge is 0.389 e. The van der Waals surface area contributed by atoms with E-state index in [0.717, 1.165) is 24.5 Å². The number of nitrogens with one attached hydrogen (secondary N) is 1. The summed E-state index contributed by atoms with van der Waals surface area (Å²) in [6.45, 7) is 3.55. The summed E-state index contributed by atoms with van der Waals surface area (Å²) < 4.78 is 29.1. The van der Waals surface area contributed by atoms with Crippen LogP contribution in [0, 0.1) is 24.5 Å². The minimum Gasteiger partial charge on any atom is -0.389 e. The average Bonchev–Trinajstić information content (AvgIpc) is 3.37. The standard InChI is InChI=1S/C21H21F2N3O2/c1-12-3-6-17-18(7-12)26(16-9-14(22)8-15(23)10-16)20(24-17)25-19(27)11-21(2,28)13-4-5-13/h3,6-10,13,28H,4-5,11H2,1-2H3,(H,24,25,27)/t21-/m0/s1. The second-order valence-electron chi connectivity index (χ2n) is 7.75. The van der Waals surface area contributed by atoms with Crippen molar-refractivity contribution in [3.05, 3.63) is 53.6 Å². The first-order valence-corrected chi connectivity index (χ1v) is 9.21. The Kier molecular flexibility index (Phi) is 4.42. The van der Waals surface area contributed by atoms with Crippen molar-refractivity contribution in [1.29, 1.82) is 0 Å². The predicted octanol–water partition coefficient (Wildman–Crippen LogP) is 4.10. The summed E-state index contributed by atoms with van der Waals surface area (Å²) >= 11 is 0. The molecule has 3 aromatic rings. The van der Waals surface area contributed by atoms with Crippen LogP contribution < -0.4 is 5.32 Å². The summed E-state index contributed by atoms with van der Waals surface area (Å²) in [7, 11) is 0. The van der Waals surface area contributed by atoms with Crippen LogP contribution in [0.15, 0.2) is 36.4 Å². The van der Waals surface area contributed by atoms with Crippen LogP contribution in [0.1, 0.15) is 31.7 Å². The van der Waals surface area contributed by atoms with Gasteiger partial charge in [0, 0.05) is 6.07 Å². The van der Waals surface area contributed by atoms with Crippen molar-refractivity contribution in [3.63, 3.8) is 0 Å². The van der Waals surface area contributed by atoms with Crippen molar-refractivity contribution in [2.75, 3.05) is 5.32 Å². The summed E-state index contributed by atoms with van der Waals surface area (Å²) in [6, 6.07) is 8.65. The van der Waals surface area contributed by atoms with Crippen LogP contribution in [0.25, 0.3) is 16.7 Å². The number of amides is 1. The number of halogens is 2. The Balaban J connectivity index is 1.76. The molecule has 0 radical (unpaired) electrons. The van der Waals surface area contributed by atoms with E-state index in [1.165, 1.54) is 16.7 Å². The molecule has 2 aromatic carbocycles. The van der Waals surface area contributed by atoms with Crippen molar-refractivity contribution < 1.29 is 18.7 Å². The molecule has 2 N–H and O–H groups in total. The fourth-order valence-electron chi connectivity index (χ4n) is 3.54. The van der Waals surface area contributed by atoms with Crippen LogP contribution in [0.3, 0.4) is 0 Å². The molecule has 0 aliphatic heterocycles. The van der Waals surface area contributed by atoms with Crippen molar-refractivity contribution in [3.8, 4) is 5.69 Å². The fourth-order valence-corrected chi connectivity index (χ4v) is 3.54. The molecule has 146 valence electrons. The Labute approximate surface area is 161 Å². The van der Waals surface area contributed by atoms with Crippen LogP contribution in [-0.2, 0) is 4.79 Å². The van der Waals surface area contributed by atoms with E-state index in [4.69, 9.17) is 0 Å². The Bertz CT molecular complexity index is 1050. The Morgan fingerprint density at radius 1 is 1.25 bits per heavy atom. The zero-order valence-electron chi connectivity index (χ0n) is 15.7. The van der Waals surface area contributed by atoms with Gasteiger partial charge in [0.05, 0.1) is 28.7 Å². The van der Waals surface area contributed by atoms with Gasteiger partial charge < -0.3 is 5.11 Å². The number of hydrogen-bond acceptors (Lipinski definition) is 3. The number of hydrogen-bond donors (Lipinski definition) is 2. The van der Waals surface area contributed by atoms with Crippen LogP contribution in [-0.4, -0.2) is 26.2 Å². The molecule has 4 rings (SSSR count). The van der Waals surface area contributed by atoms with E-state index in [9.17, 15) is 18.7 Å². The molecular weight excluding hydrogens is 364 g/mol. The van der Waals surface area contributed by atoms with E-state index in [0.29, 0.717) is 11.0 Å². The van der Waals surface area contributed by atoms with Crippen molar-refractivity contribution in [1.82, 2.24) is 9.55 Å². The molecule has 1 aromatic heterocycles. The molecule has 0 saturated heterocycles. The van der Waals surface area contributed by atoms with E-state index in [1.54, 1.807) is 13.0 Å². The molecule has 1 heterocycles. The number of fused-ring (bicyclic) bond motifs is 1. The number of nitrogens with zero attached hydrogens (tertiary/aromatic N) is 2. The highest BCUT2D eigenvalue weighted by molar-refractivity contribution is 5.93.